The summed E-state index contributed by atoms with van der Waals surface area (Å²) in [5, 5.41) is 0. The Morgan fingerprint density at radius 3 is 0.750 bits per heavy atom. The first-order valence-corrected chi connectivity index (χ1v) is 0. The van der Waals surface area contributed by atoms with Crippen LogP contribution in [0.1, 0.15) is 0 Å². The average Bonchev–Trinajstić information content (AvgIpc) is 0. The van der Waals surface area contributed by atoms with Crippen LogP contribution in [-0.2, 0) is 17.4 Å². The van der Waals surface area contributed by atoms with Crippen LogP contribution in [0.4, 0.5) is 0 Å². The maximum Gasteiger partial charge on any atom is 3.00 e. The van der Waals surface area contributed by atoms with E-state index in [-0.39, 0.29) is 42.1 Å². The van der Waals surface area contributed by atoms with Gasteiger partial charge in [0.15, 0.2) is 0 Å². The van der Waals surface area contributed by atoms with Gasteiger partial charge in [-0.05, 0) is 0 Å². The molecule has 4 heteroatoms. The van der Waals surface area contributed by atoms with Gasteiger partial charge in [0, 0.05) is 0 Å². The van der Waals surface area contributed by atoms with E-state index in [4.69, 9.17) is 0 Å². The molecular formula is H4ClCrN2. The van der Waals surface area contributed by atoms with E-state index in [9.17, 15) is 0 Å². The van der Waals surface area contributed by atoms with Crippen molar-refractivity contribution in [2.75, 3.05) is 0 Å². The standard InChI is InChI=1S/ClH.Cr.2H2N/h1H;;2*1H2/q;+3;2*-1/p-1. The van der Waals surface area contributed by atoms with Gasteiger partial charge in [-0.25, -0.2) is 0 Å². The molecule has 4 heavy (non-hydrogen) atoms. The Bertz CT molecular complexity index is 6.00. The molecule has 2 nitrogen and oxygen atoms in total. The van der Waals surface area contributed by atoms with Gasteiger partial charge in [-0.2, -0.15) is 0 Å². The van der Waals surface area contributed by atoms with Crippen molar-refractivity contribution in [2.45, 2.75) is 0 Å². The topological polar surface area (TPSA) is 67.0 Å². The van der Waals surface area contributed by atoms with Crippen molar-refractivity contribution in [3.63, 3.8) is 0 Å². The zero-order valence-corrected chi connectivity index (χ0v) is 3.97. The van der Waals surface area contributed by atoms with Gasteiger partial charge in [0.25, 0.3) is 0 Å². The van der Waals surface area contributed by atoms with Gasteiger partial charge in [-0.3, -0.25) is 0 Å². The number of halogens is 1. The molecule has 0 rings (SSSR count). The van der Waals surface area contributed by atoms with Crippen molar-refractivity contribution in [3.8, 4) is 0 Å². The number of nitrogens with two attached hydrogens (primary N) is 2. The summed E-state index contributed by atoms with van der Waals surface area (Å²) in [5.74, 6) is 0. The first-order valence-electron chi connectivity index (χ1n) is 0. The fourth-order valence-electron chi connectivity index (χ4n) is 0. The maximum absolute atomic E-state index is 0. The minimum Gasteiger partial charge on any atom is -1.00 e. The second-order valence-corrected chi connectivity index (χ2v) is 0. The summed E-state index contributed by atoms with van der Waals surface area (Å²) in [5.41, 5.74) is 0. The van der Waals surface area contributed by atoms with E-state index >= 15 is 0 Å². The molecule has 4 N–H and O–H groups in total. The molecule has 0 bridgehead atoms. The van der Waals surface area contributed by atoms with Gasteiger partial charge in [0.05, 0.1) is 0 Å². The van der Waals surface area contributed by atoms with E-state index in [0.717, 1.165) is 0 Å². The third-order valence-corrected chi connectivity index (χ3v) is 0. The van der Waals surface area contributed by atoms with Gasteiger partial charge in [0.1, 0.15) is 0 Å². The number of hydrogen-bond acceptors (Lipinski definition) is 0. The molecule has 0 aliphatic carbocycles. The molecule has 27 valence electrons. The van der Waals surface area contributed by atoms with Gasteiger partial charge < -0.3 is 24.7 Å². The Balaban J connectivity index is 0. The van der Waals surface area contributed by atoms with Crippen LogP contribution in [0.25, 0.3) is 12.3 Å². The molecule has 0 fully saturated rings. The van der Waals surface area contributed by atoms with Crippen LogP contribution in [0.2, 0.25) is 0 Å². The van der Waals surface area contributed by atoms with Gasteiger partial charge in [-0.15, -0.1) is 0 Å². The second kappa shape index (κ2) is 51.1. The smallest absolute Gasteiger partial charge is 1.00 e. The molecule has 0 saturated heterocycles. The third-order valence-electron chi connectivity index (χ3n) is 0. The van der Waals surface area contributed by atoms with E-state index in [2.05, 4.69) is 0 Å². The molecule has 0 amide bonds. The van der Waals surface area contributed by atoms with Crippen molar-refractivity contribution in [3.05, 3.63) is 12.3 Å². The minimum absolute atomic E-state index is 0. The molecule has 1 radical (unpaired) electrons. The summed E-state index contributed by atoms with van der Waals surface area (Å²) in [6.07, 6.45) is 0. The summed E-state index contributed by atoms with van der Waals surface area (Å²) in [4.78, 5) is 0. The van der Waals surface area contributed by atoms with Crippen molar-refractivity contribution in [2.24, 2.45) is 0 Å². The average molecular weight is 119 g/mol. The fraction of sp³-hybridized carbons (Fsp3) is 0. The third kappa shape index (κ3) is 15.1. The predicted octanol–water partition coefficient (Wildman–Crippen LogP) is -1.56. The summed E-state index contributed by atoms with van der Waals surface area (Å²) in [6, 6.07) is 0. The van der Waals surface area contributed by atoms with E-state index < -0.39 is 0 Å². The van der Waals surface area contributed by atoms with Gasteiger partial charge in [-0.1, -0.05) is 0 Å². The van der Waals surface area contributed by atoms with Crippen LogP contribution in [-0.4, -0.2) is 0 Å². The predicted molar refractivity (Wildman–Crippen MR) is 10.6 cm³/mol. The van der Waals surface area contributed by atoms with E-state index in [1.165, 1.54) is 0 Å². The molecule has 0 aliphatic heterocycles. The molecular weight excluding hydrogens is 115 g/mol. The van der Waals surface area contributed by atoms with Crippen LogP contribution in [0.5, 0.6) is 0 Å². The molecule has 0 heterocycles. The zero-order chi connectivity index (χ0) is 0. The molecule has 0 atom stereocenters. The van der Waals surface area contributed by atoms with Crippen LogP contribution in [0.3, 0.4) is 0 Å². The Hall–Kier alpha value is 0.742. The largest absolute Gasteiger partial charge is 3.00 e. The number of rotatable bonds is 0. The Kier molecular flexibility index (Phi) is 1540. The van der Waals surface area contributed by atoms with E-state index in [1.54, 1.807) is 0 Å². The van der Waals surface area contributed by atoms with E-state index in [1.807, 2.05) is 0 Å². The second-order valence-electron chi connectivity index (χ2n) is 0. The molecule has 0 spiro atoms. The van der Waals surface area contributed by atoms with Crippen LogP contribution >= 0.6 is 0 Å². The molecule has 0 aliphatic rings. The summed E-state index contributed by atoms with van der Waals surface area (Å²) in [7, 11) is 0. The maximum atomic E-state index is 0. The van der Waals surface area contributed by atoms with Gasteiger partial charge >= 0.3 is 17.4 Å². The quantitative estimate of drug-likeness (QED) is 0.370. The van der Waals surface area contributed by atoms with Crippen molar-refractivity contribution in [1.29, 1.82) is 0 Å². The Labute approximate surface area is 42.7 Å². The SMILES string of the molecule is [Cl-].[Cr+3].[NH2-].[NH2-]. The first kappa shape index (κ1) is 120. The van der Waals surface area contributed by atoms with Crippen LogP contribution < -0.4 is 12.4 Å². The minimum atomic E-state index is 0. The normalized spacial score (nSPS) is 0. The summed E-state index contributed by atoms with van der Waals surface area (Å²) >= 11 is 0. The molecule has 0 aromatic heterocycles. The van der Waals surface area contributed by atoms with Crippen LogP contribution in [0, 0.1) is 0 Å². The molecule has 0 aromatic carbocycles. The van der Waals surface area contributed by atoms with Crippen molar-refractivity contribution in [1.82, 2.24) is 0 Å². The monoisotopic (exact) mass is 119 g/mol. The molecule has 0 aromatic rings. The van der Waals surface area contributed by atoms with Crippen molar-refractivity contribution >= 4 is 0 Å². The molecule has 0 unspecified atom stereocenters. The fourth-order valence-corrected chi connectivity index (χ4v) is 0. The Morgan fingerprint density at radius 2 is 0.750 bits per heavy atom. The van der Waals surface area contributed by atoms with Crippen LogP contribution in [0.15, 0.2) is 0 Å². The molecule has 0 saturated carbocycles. The Morgan fingerprint density at radius 1 is 0.750 bits per heavy atom. The van der Waals surface area contributed by atoms with Crippen molar-refractivity contribution < 1.29 is 29.8 Å². The summed E-state index contributed by atoms with van der Waals surface area (Å²) < 4.78 is 0. The zero-order valence-electron chi connectivity index (χ0n) is 1.94. The summed E-state index contributed by atoms with van der Waals surface area (Å²) in [6.45, 7) is 0. The van der Waals surface area contributed by atoms with Gasteiger partial charge in [0.2, 0.25) is 0 Å². The van der Waals surface area contributed by atoms with E-state index in [0.29, 0.717) is 0 Å². The number of hydrogen-bond donors (Lipinski definition) is 0. The first-order chi connectivity index (χ1) is 0.